The standard InChI is InChI=1S/C15H13F2IO/c16-13-8-12(6-7-18)15(9-14(13)17)19-10-11-4-2-1-3-5-11/h1-5,8-9H,6-7,10H2. The van der Waals surface area contributed by atoms with Crippen LogP contribution in [0.3, 0.4) is 0 Å². The first-order valence-electron chi connectivity index (χ1n) is 5.91. The van der Waals surface area contributed by atoms with Crippen molar-refractivity contribution in [3.05, 3.63) is 65.2 Å². The first-order valence-corrected chi connectivity index (χ1v) is 7.44. The first kappa shape index (κ1) is 14.2. The minimum Gasteiger partial charge on any atom is -0.489 e. The molecule has 0 fully saturated rings. The lowest BCUT2D eigenvalue weighted by atomic mass is 10.1. The molecular formula is C15H13F2IO. The van der Waals surface area contributed by atoms with Gasteiger partial charge in [-0.25, -0.2) is 8.78 Å². The van der Waals surface area contributed by atoms with Crippen LogP contribution in [0, 0.1) is 11.6 Å². The Morgan fingerprint density at radius 1 is 1.00 bits per heavy atom. The van der Waals surface area contributed by atoms with Crippen molar-refractivity contribution in [2.45, 2.75) is 13.0 Å². The average molecular weight is 374 g/mol. The van der Waals surface area contributed by atoms with E-state index in [4.69, 9.17) is 4.74 Å². The largest absolute Gasteiger partial charge is 0.489 e. The van der Waals surface area contributed by atoms with Gasteiger partial charge < -0.3 is 4.74 Å². The molecule has 4 heteroatoms. The molecule has 0 N–H and O–H groups in total. The van der Waals surface area contributed by atoms with E-state index >= 15 is 0 Å². The molecule has 0 aliphatic rings. The van der Waals surface area contributed by atoms with Crippen molar-refractivity contribution in [2.24, 2.45) is 0 Å². The Bertz CT molecular complexity index is 543. The molecule has 0 bridgehead atoms. The average Bonchev–Trinajstić information content (AvgIpc) is 2.42. The Hall–Kier alpha value is -1.17. The van der Waals surface area contributed by atoms with Crippen LogP contribution >= 0.6 is 22.6 Å². The molecule has 19 heavy (non-hydrogen) atoms. The highest BCUT2D eigenvalue weighted by atomic mass is 127. The van der Waals surface area contributed by atoms with E-state index in [9.17, 15) is 8.78 Å². The summed E-state index contributed by atoms with van der Waals surface area (Å²) in [5, 5.41) is 0. The number of aryl methyl sites for hydroxylation is 1. The highest BCUT2D eigenvalue weighted by Gasteiger charge is 2.10. The number of halogens is 3. The summed E-state index contributed by atoms with van der Waals surface area (Å²) in [5.74, 6) is -1.29. The zero-order valence-electron chi connectivity index (χ0n) is 10.2. The van der Waals surface area contributed by atoms with E-state index in [0.717, 1.165) is 16.1 Å². The van der Waals surface area contributed by atoms with E-state index in [1.165, 1.54) is 6.07 Å². The van der Waals surface area contributed by atoms with Crippen molar-refractivity contribution in [3.8, 4) is 5.75 Å². The highest BCUT2D eigenvalue weighted by molar-refractivity contribution is 14.1. The summed E-state index contributed by atoms with van der Waals surface area (Å²) < 4.78 is 32.9. The summed E-state index contributed by atoms with van der Waals surface area (Å²) in [6.07, 6.45) is 0.655. The van der Waals surface area contributed by atoms with Crippen molar-refractivity contribution in [3.63, 3.8) is 0 Å². The van der Waals surface area contributed by atoms with Crippen LogP contribution in [0.25, 0.3) is 0 Å². The van der Waals surface area contributed by atoms with Crippen LogP contribution in [0.2, 0.25) is 0 Å². The molecule has 2 aromatic carbocycles. The van der Waals surface area contributed by atoms with Crippen LogP contribution < -0.4 is 4.74 Å². The minimum absolute atomic E-state index is 0.347. The van der Waals surface area contributed by atoms with Crippen LogP contribution in [-0.2, 0) is 13.0 Å². The first-order chi connectivity index (χ1) is 9.20. The molecule has 100 valence electrons. The number of alkyl halides is 1. The molecule has 0 aliphatic carbocycles. The molecule has 2 rings (SSSR count). The predicted molar refractivity (Wildman–Crippen MR) is 79.7 cm³/mol. The van der Waals surface area contributed by atoms with E-state index in [1.807, 2.05) is 30.3 Å². The van der Waals surface area contributed by atoms with Gasteiger partial charge in [-0.15, -0.1) is 0 Å². The highest BCUT2D eigenvalue weighted by Crippen LogP contribution is 2.24. The fourth-order valence-corrected chi connectivity index (χ4v) is 2.32. The minimum atomic E-state index is -0.875. The van der Waals surface area contributed by atoms with Crippen molar-refractivity contribution in [1.82, 2.24) is 0 Å². The van der Waals surface area contributed by atoms with Gasteiger partial charge in [0.05, 0.1) is 0 Å². The summed E-state index contributed by atoms with van der Waals surface area (Å²) in [6.45, 7) is 0.347. The van der Waals surface area contributed by atoms with Crippen molar-refractivity contribution in [1.29, 1.82) is 0 Å². The van der Waals surface area contributed by atoms with Gasteiger partial charge in [0.25, 0.3) is 0 Å². The monoisotopic (exact) mass is 374 g/mol. The van der Waals surface area contributed by atoms with E-state index in [0.29, 0.717) is 24.3 Å². The van der Waals surface area contributed by atoms with E-state index < -0.39 is 11.6 Å². The van der Waals surface area contributed by atoms with Crippen molar-refractivity contribution in [2.75, 3.05) is 4.43 Å². The topological polar surface area (TPSA) is 9.23 Å². The smallest absolute Gasteiger partial charge is 0.162 e. The number of ether oxygens (including phenoxy) is 1. The lowest BCUT2D eigenvalue weighted by Gasteiger charge is -2.11. The maximum Gasteiger partial charge on any atom is 0.162 e. The lowest BCUT2D eigenvalue weighted by Crippen LogP contribution is -2.01. The molecule has 0 aromatic heterocycles. The Kier molecular flexibility index (Phi) is 5.13. The van der Waals surface area contributed by atoms with E-state index in [2.05, 4.69) is 22.6 Å². The van der Waals surface area contributed by atoms with E-state index in [1.54, 1.807) is 0 Å². The molecule has 0 atom stereocenters. The molecule has 1 nitrogen and oxygen atoms in total. The third kappa shape index (κ3) is 3.89. The lowest BCUT2D eigenvalue weighted by molar-refractivity contribution is 0.300. The summed E-state index contributed by atoms with van der Waals surface area (Å²) in [5.41, 5.74) is 1.69. The van der Waals surface area contributed by atoms with Gasteiger partial charge in [0.2, 0.25) is 0 Å². The normalized spacial score (nSPS) is 10.5. The molecule has 0 amide bonds. The molecule has 0 spiro atoms. The predicted octanol–water partition coefficient (Wildman–Crippen LogP) is 4.52. The third-order valence-electron chi connectivity index (χ3n) is 2.70. The zero-order valence-corrected chi connectivity index (χ0v) is 12.4. The molecule has 2 aromatic rings. The second-order valence-corrected chi connectivity index (χ2v) is 5.17. The van der Waals surface area contributed by atoms with Crippen molar-refractivity contribution >= 4 is 22.6 Å². The van der Waals surface area contributed by atoms with Gasteiger partial charge in [-0.1, -0.05) is 52.9 Å². The second-order valence-electron chi connectivity index (χ2n) is 4.09. The summed E-state index contributed by atoms with van der Waals surface area (Å²) >= 11 is 2.20. The Balaban J connectivity index is 2.16. The SMILES string of the molecule is Fc1cc(CCI)c(OCc2ccccc2)cc1F. The van der Waals surface area contributed by atoms with Gasteiger partial charge in [0.1, 0.15) is 12.4 Å². The Morgan fingerprint density at radius 3 is 2.37 bits per heavy atom. The third-order valence-corrected chi connectivity index (χ3v) is 3.24. The number of hydrogen-bond acceptors (Lipinski definition) is 1. The quantitative estimate of drug-likeness (QED) is 0.552. The molecule has 0 radical (unpaired) electrons. The summed E-state index contributed by atoms with van der Waals surface area (Å²) in [6, 6.07) is 11.9. The van der Waals surface area contributed by atoms with E-state index in [-0.39, 0.29) is 0 Å². The fourth-order valence-electron chi connectivity index (χ4n) is 1.74. The van der Waals surface area contributed by atoms with Crippen molar-refractivity contribution < 1.29 is 13.5 Å². The van der Waals surface area contributed by atoms with Crippen LogP contribution in [0.5, 0.6) is 5.75 Å². The molecular weight excluding hydrogens is 361 g/mol. The van der Waals surface area contributed by atoms with Crippen LogP contribution in [0.1, 0.15) is 11.1 Å². The van der Waals surface area contributed by atoms with Gasteiger partial charge in [0, 0.05) is 10.5 Å². The van der Waals surface area contributed by atoms with Crippen LogP contribution in [0.4, 0.5) is 8.78 Å². The maximum atomic E-state index is 13.3. The Labute approximate surface area is 124 Å². The van der Waals surface area contributed by atoms with Gasteiger partial charge in [-0.2, -0.15) is 0 Å². The number of hydrogen-bond donors (Lipinski definition) is 0. The van der Waals surface area contributed by atoms with Gasteiger partial charge in [-0.05, 0) is 23.6 Å². The van der Waals surface area contributed by atoms with Gasteiger partial charge in [-0.3, -0.25) is 0 Å². The van der Waals surface area contributed by atoms with Gasteiger partial charge in [0.15, 0.2) is 11.6 Å². The zero-order chi connectivity index (χ0) is 13.7. The maximum absolute atomic E-state index is 13.3. The summed E-state index contributed by atoms with van der Waals surface area (Å²) in [4.78, 5) is 0. The summed E-state index contributed by atoms with van der Waals surface area (Å²) in [7, 11) is 0. The number of rotatable bonds is 5. The van der Waals surface area contributed by atoms with Gasteiger partial charge >= 0.3 is 0 Å². The fraction of sp³-hybridized carbons (Fsp3) is 0.200. The molecule has 0 saturated carbocycles. The van der Waals surface area contributed by atoms with Crippen LogP contribution in [0.15, 0.2) is 42.5 Å². The second kappa shape index (κ2) is 6.84. The Morgan fingerprint density at radius 2 is 1.68 bits per heavy atom. The molecule has 0 unspecified atom stereocenters. The van der Waals surface area contributed by atoms with Crippen LogP contribution in [-0.4, -0.2) is 4.43 Å². The number of benzene rings is 2. The molecule has 0 heterocycles. The molecule has 0 aliphatic heterocycles. The molecule has 0 saturated heterocycles.